The Kier molecular flexibility index (Phi) is 5.06. The van der Waals surface area contributed by atoms with Gasteiger partial charge in [-0.05, 0) is 68.2 Å². The first-order chi connectivity index (χ1) is 15.7. The number of phenols is 1. The Morgan fingerprint density at radius 3 is 2.52 bits per heavy atom. The van der Waals surface area contributed by atoms with Gasteiger partial charge in [-0.3, -0.25) is 4.90 Å². The third kappa shape index (κ3) is 3.27. The molecule has 4 N–H and O–H groups in total. The molecule has 33 heavy (non-hydrogen) atoms. The summed E-state index contributed by atoms with van der Waals surface area (Å²) in [5.74, 6) is -0.877. The minimum Gasteiger partial charge on any atom is -0.504 e. The molecule has 2 bridgehead atoms. The Balaban J connectivity index is 0.000000249. The fraction of sp³-hybridized carbons (Fsp3) is 0.520. The second-order valence-electron chi connectivity index (χ2n) is 9.92. The molecule has 3 fully saturated rings. The minimum atomic E-state index is -1.26. The average Bonchev–Trinajstić information content (AvgIpc) is 3.50. The summed E-state index contributed by atoms with van der Waals surface area (Å²) in [6, 6.07) is 3.96. The summed E-state index contributed by atoms with van der Waals surface area (Å²) in [6.07, 6.45) is 6.90. The van der Waals surface area contributed by atoms with Crippen molar-refractivity contribution in [3.63, 3.8) is 0 Å². The van der Waals surface area contributed by atoms with Crippen molar-refractivity contribution in [1.82, 2.24) is 4.90 Å². The van der Waals surface area contributed by atoms with E-state index in [0.29, 0.717) is 17.9 Å². The highest BCUT2D eigenvalue weighted by atomic mass is 16.5. The fourth-order valence-corrected chi connectivity index (χ4v) is 6.53. The second-order valence-corrected chi connectivity index (χ2v) is 9.92. The summed E-state index contributed by atoms with van der Waals surface area (Å²) < 4.78 is 6.29. The lowest BCUT2D eigenvalue weighted by Gasteiger charge is -2.63. The Hall–Kier alpha value is -2.84. The monoisotopic (exact) mass is 455 g/mol. The average molecular weight is 456 g/mol. The normalized spacial score (nSPS) is 33.7. The number of nitrogens with zero attached hydrogens (tertiary/aromatic N) is 1. The maximum atomic E-state index is 12.1. The molecule has 1 aromatic carbocycles. The SMILES string of the molecule is C=C1CC[C@@]2(O)[C@H]3Cc4ccc(O)c5c4[C@@]2(CCN3CC2CC2)[C@H]1O5.O=C(O)/C=C\C(=O)O. The van der Waals surface area contributed by atoms with Crippen LogP contribution in [0.15, 0.2) is 36.4 Å². The number of carboxylic acids is 2. The molecule has 0 amide bonds. The molecule has 2 saturated carbocycles. The molecule has 3 aliphatic carbocycles. The van der Waals surface area contributed by atoms with E-state index in [1.807, 2.05) is 6.07 Å². The molecular formula is C25H29NO7. The number of aromatic hydroxyl groups is 1. The summed E-state index contributed by atoms with van der Waals surface area (Å²) in [6.45, 7) is 6.40. The molecule has 0 unspecified atom stereocenters. The van der Waals surface area contributed by atoms with Gasteiger partial charge in [0.05, 0.1) is 11.0 Å². The Morgan fingerprint density at radius 2 is 1.88 bits per heavy atom. The van der Waals surface area contributed by atoms with Gasteiger partial charge < -0.3 is 25.2 Å². The maximum Gasteiger partial charge on any atom is 0.328 e. The lowest BCUT2D eigenvalue weighted by atomic mass is 9.48. The van der Waals surface area contributed by atoms with Gasteiger partial charge in [-0.25, -0.2) is 9.59 Å². The van der Waals surface area contributed by atoms with E-state index in [9.17, 15) is 19.8 Å². The number of phenolic OH excluding ortho intramolecular Hbond substituents is 1. The lowest BCUT2D eigenvalue weighted by Crippen LogP contribution is -2.75. The Morgan fingerprint density at radius 1 is 1.18 bits per heavy atom. The van der Waals surface area contributed by atoms with Crippen molar-refractivity contribution in [3.05, 3.63) is 47.6 Å². The van der Waals surface area contributed by atoms with Crippen molar-refractivity contribution in [2.45, 2.75) is 61.7 Å². The first-order valence-electron chi connectivity index (χ1n) is 11.5. The molecule has 5 aliphatic rings. The van der Waals surface area contributed by atoms with Crippen LogP contribution in [-0.4, -0.2) is 68.1 Å². The van der Waals surface area contributed by atoms with Gasteiger partial charge in [-0.15, -0.1) is 0 Å². The van der Waals surface area contributed by atoms with Crippen LogP contribution in [0.4, 0.5) is 0 Å². The number of hydrogen-bond donors (Lipinski definition) is 4. The highest BCUT2D eigenvalue weighted by Crippen LogP contribution is 2.66. The zero-order chi connectivity index (χ0) is 23.5. The molecule has 6 rings (SSSR count). The van der Waals surface area contributed by atoms with Gasteiger partial charge in [-0.1, -0.05) is 12.6 Å². The summed E-state index contributed by atoms with van der Waals surface area (Å²) in [5, 5.41) is 38.1. The molecule has 2 heterocycles. The number of likely N-dealkylation sites (tertiary alicyclic amines) is 1. The van der Waals surface area contributed by atoms with E-state index < -0.39 is 23.0 Å². The number of benzene rings is 1. The van der Waals surface area contributed by atoms with E-state index in [2.05, 4.69) is 11.5 Å². The van der Waals surface area contributed by atoms with Gasteiger partial charge in [0.2, 0.25) is 0 Å². The summed E-state index contributed by atoms with van der Waals surface area (Å²) in [7, 11) is 0. The fourth-order valence-electron chi connectivity index (χ4n) is 6.53. The van der Waals surface area contributed by atoms with E-state index in [-0.39, 0.29) is 17.9 Å². The Labute approximate surface area is 191 Å². The van der Waals surface area contributed by atoms with Crippen molar-refractivity contribution in [2.24, 2.45) is 5.92 Å². The number of ether oxygens (including phenoxy) is 1. The summed E-state index contributed by atoms with van der Waals surface area (Å²) in [4.78, 5) is 21.7. The smallest absolute Gasteiger partial charge is 0.328 e. The van der Waals surface area contributed by atoms with Crippen molar-refractivity contribution in [2.75, 3.05) is 13.1 Å². The highest BCUT2D eigenvalue weighted by molar-refractivity contribution is 5.89. The standard InChI is InChI=1S/C21H25NO3.C4H4O4/c1-12-6-7-21(24)16-10-14-4-5-15(23)18-17(14)20(21,19(12)25-18)8-9-22(16)11-13-2-3-13;5-3(6)1-2-4(7)8/h4-5,13,16,19,23-24H,1-3,6-11H2;1-2H,(H,5,6)(H,7,8)/b;2-1-/t16-,19+,20+,21-;/m1./s1. The predicted octanol–water partition coefficient (Wildman–Crippen LogP) is 2.22. The number of aliphatic hydroxyl groups is 1. The number of rotatable bonds is 4. The van der Waals surface area contributed by atoms with Crippen LogP contribution in [0.3, 0.4) is 0 Å². The van der Waals surface area contributed by atoms with Crippen molar-refractivity contribution >= 4 is 11.9 Å². The van der Waals surface area contributed by atoms with E-state index in [1.54, 1.807) is 6.07 Å². The third-order valence-corrected chi connectivity index (χ3v) is 8.08. The van der Waals surface area contributed by atoms with Crippen molar-refractivity contribution < 1.29 is 34.8 Å². The number of hydrogen-bond acceptors (Lipinski definition) is 6. The molecule has 4 atom stereocenters. The minimum absolute atomic E-state index is 0.157. The maximum absolute atomic E-state index is 12.1. The summed E-state index contributed by atoms with van der Waals surface area (Å²) in [5.41, 5.74) is 2.21. The van der Waals surface area contributed by atoms with Gasteiger partial charge in [0, 0.05) is 30.3 Å². The van der Waals surface area contributed by atoms with Crippen LogP contribution >= 0.6 is 0 Å². The Bertz CT molecular complexity index is 1050. The van der Waals surface area contributed by atoms with E-state index >= 15 is 0 Å². The number of aliphatic carboxylic acids is 2. The van der Waals surface area contributed by atoms with Crippen LogP contribution in [0.25, 0.3) is 0 Å². The summed E-state index contributed by atoms with van der Waals surface area (Å²) >= 11 is 0. The molecule has 0 radical (unpaired) electrons. The first kappa shape index (κ1) is 22.0. The van der Waals surface area contributed by atoms with Crippen LogP contribution in [0.5, 0.6) is 11.5 Å². The van der Waals surface area contributed by atoms with E-state index in [4.69, 9.17) is 14.9 Å². The third-order valence-electron chi connectivity index (χ3n) is 8.08. The molecule has 8 heteroatoms. The lowest BCUT2D eigenvalue weighted by molar-refractivity contribution is -0.174. The molecule has 176 valence electrons. The molecule has 1 spiro atoms. The predicted molar refractivity (Wildman–Crippen MR) is 118 cm³/mol. The van der Waals surface area contributed by atoms with Gasteiger partial charge in [-0.2, -0.15) is 0 Å². The zero-order valence-electron chi connectivity index (χ0n) is 18.4. The number of piperidine rings is 1. The van der Waals surface area contributed by atoms with E-state index in [1.165, 1.54) is 18.4 Å². The molecule has 1 saturated heterocycles. The van der Waals surface area contributed by atoms with Gasteiger partial charge in [0.25, 0.3) is 0 Å². The van der Waals surface area contributed by atoms with Crippen LogP contribution < -0.4 is 4.74 Å². The highest BCUT2D eigenvalue weighted by Gasteiger charge is 2.71. The van der Waals surface area contributed by atoms with Crippen LogP contribution in [0.2, 0.25) is 0 Å². The number of carboxylic acid groups (broad SMARTS) is 2. The quantitative estimate of drug-likeness (QED) is 0.402. The topological polar surface area (TPSA) is 128 Å². The molecule has 1 aromatic rings. The van der Waals surface area contributed by atoms with E-state index in [0.717, 1.165) is 55.8 Å². The van der Waals surface area contributed by atoms with Crippen LogP contribution in [-0.2, 0) is 21.4 Å². The van der Waals surface area contributed by atoms with Crippen molar-refractivity contribution in [3.8, 4) is 11.5 Å². The van der Waals surface area contributed by atoms with Gasteiger partial charge in [0.15, 0.2) is 11.5 Å². The molecule has 2 aliphatic heterocycles. The number of carbonyl (C=O) groups is 2. The zero-order valence-corrected chi connectivity index (χ0v) is 18.4. The van der Waals surface area contributed by atoms with Crippen LogP contribution in [0.1, 0.15) is 43.2 Å². The van der Waals surface area contributed by atoms with Crippen LogP contribution in [0, 0.1) is 5.92 Å². The second kappa shape index (κ2) is 7.60. The molecule has 0 aromatic heterocycles. The van der Waals surface area contributed by atoms with Gasteiger partial charge >= 0.3 is 11.9 Å². The largest absolute Gasteiger partial charge is 0.504 e. The molecular weight excluding hydrogens is 426 g/mol. The van der Waals surface area contributed by atoms with Crippen molar-refractivity contribution in [1.29, 1.82) is 0 Å². The van der Waals surface area contributed by atoms with Gasteiger partial charge in [0.1, 0.15) is 6.10 Å². The first-order valence-corrected chi connectivity index (χ1v) is 11.5. The molecule has 8 nitrogen and oxygen atoms in total.